The summed E-state index contributed by atoms with van der Waals surface area (Å²) in [6.07, 6.45) is 4.94. The van der Waals surface area contributed by atoms with E-state index in [1.807, 2.05) is 24.3 Å². The largest absolute Gasteiger partial charge is 0.493 e. The van der Waals surface area contributed by atoms with E-state index in [1.54, 1.807) is 49.4 Å². The van der Waals surface area contributed by atoms with E-state index in [0.717, 1.165) is 32.1 Å². The number of carbonyl (C=O) groups is 3. The maximum Gasteiger partial charge on any atom is 0.338 e. The number of amides is 2. The van der Waals surface area contributed by atoms with Gasteiger partial charge in [-0.25, -0.2) is 9.48 Å². The lowest BCUT2D eigenvalue weighted by atomic mass is 9.94. The summed E-state index contributed by atoms with van der Waals surface area (Å²) in [5.74, 6) is -0.280. The van der Waals surface area contributed by atoms with Crippen molar-refractivity contribution in [2.24, 2.45) is 0 Å². The fourth-order valence-corrected chi connectivity index (χ4v) is 5.62. The van der Waals surface area contributed by atoms with Crippen molar-refractivity contribution in [2.45, 2.75) is 57.7 Å². The van der Waals surface area contributed by atoms with E-state index in [2.05, 4.69) is 15.6 Å². The topological polar surface area (TPSA) is 125 Å². The van der Waals surface area contributed by atoms with Gasteiger partial charge in [0.1, 0.15) is 18.1 Å². The van der Waals surface area contributed by atoms with Gasteiger partial charge in [0.15, 0.2) is 11.5 Å². The first-order valence-corrected chi connectivity index (χ1v) is 14.8. The third-order valence-electron chi connectivity index (χ3n) is 7.81. The Balaban J connectivity index is 1.60. The van der Waals surface area contributed by atoms with E-state index in [1.165, 1.54) is 23.8 Å². The van der Waals surface area contributed by atoms with Gasteiger partial charge in [-0.3, -0.25) is 14.5 Å². The Hall–Kier alpha value is -4.93. The molecule has 2 amide bonds. The van der Waals surface area contributed by atoms with Gasteiger partial charge in [0.25, 0.3) is 0 Å². The molecule has 1 N–H and O–H groups in total. The number of hydrogen-bond acceptors (Lipinski definition) is 8. The molecule has 1 saturated carbocycles. The highest BCUT2D eigenvalue weighted by molar-refractivity contribution is 6.02. The number of benzene rings is 3. The fourth-order valence-electron chi connectivity index (χ4n) is 5.62. The molecule has 1 aliphatic rings. The van der Waals surface area contributed by atoms with Crippen molar-refractivity contribution in [1.29, 1.82) is 0 Å². The normalized spacial score (nSPS) is 14.1. The zero-order valence-corrected chi connectivity index (χ0v) is 25.2. The number of methoxy groups -OCH3 is 2. The number of para-hydroxylation sites is 1. The average Bonchev–Trinajstić information content (AvgIpc) is 3.46. The van der Waals surface area contributed by atoms with Crippen molar-refractivity contribution in [2.75, 3.05) is 25.7 Å². The van der Waals surface area contributed by atoms with Crippen LogP contribution in [0.15, 0.2) is 66.7 Å². The first-order chi connectivity index (χ1) is 21.4. The number of aromatic nitrogens is 3. The Kier molecular flexibility index (Phi) is 9.73. The number of nitrogens with zero attached hydrogens (tertiary/aromatic N) is 4. The van der Waals surface area contributed by atoms with Gasteiger partial charge in [0.2, 0.25) is 11.8 Å². The molecule has 0 aliphatic heterocycles. The quantitative estimate of drug-likeness (QED) is 0.243. The second-order valence-corrected chi connectivity index (χ2v) is 10.6. The molecular formula is C33H37N5O6. The number of nitrogens with one attached hydrogen (secondary N) is 1. The number of rotatable bonds is 11. The van der Waals surface area contributed by atoms with Crippen molar-refractivity contribution in [1.82, 2.24) is 20.3 Å². The van der Waals surface area contributed by atoms with Gasteiger partial charge in [-0.2, -0.15) is 0 Å². The van der Waals surface area contributed by atoms with Gasteiger partial charge in [0.05, 0.1) is 31.9 Å². The van der Waals surface area contributed by atoms with E-state index in [9.17, 15) is 14.4 Å². The predicted molar refractivity (Wildman–Crippen MR) is 165 cm³/mol. The number of fused-ring (bicyclic) bond motifs is 1. The third kappa shape index (κ3) is 6.66. The van der Waals surface area contributed by atoms with E-state index in [-0.39, 0.29) is 25.1 Å². The number of carbonyl (C=O) groups excluding carboxylic acids is 3. The minimum absolute atomic E-state index is 0.00120. The van der Waals surface area contributed by atoms with E-state index < -0.39 is 17.9 Å². The SMILES string of the molecule is CCOC(=O)c1ccc(N(C(=O)Cn2nnc3ccccc32)C(C(=O)NC2CCCCC2)c2ccc(OC)c(OC)c2)cc1. The molecule has 4 aromatic rings. The second kappa shape index (κ2) is 14.0. The summed E-state index contributed by atoms with van der Waals surface area (Å²) in [4.78, 5) is 42.5. The molecule has 1 fully saturated rings. The minimum atomic E-state index is -1.08. The summed E-state index contributed by atoms with van der Waals surface area (Å²) in [6, 6.07) is 17.9. The van der Waals surface area contributed by atoms with Crippen molar-refractivity contribution in [3.8, 4) is 11.5 Å². The zero-order chi connectivity index (χ0) is 31.1. The zero-order valence-electron chi connectivity index (χ0n) is 25.2. The maximum atomic E-state index is 14.4. The molecule has 0 bridgehead atoms. The van der Waals surface area contributed by atoms with E-state index in [0.29, 0.717) is 39.3 Å². The molecule has 0 radical (unpaired) electrons. The Labute approximate surface area is 256 Å². The van der Waals surface area contributed by atoms with Crippen LogP contribution in [-0.2, 0) is 20.9 Å². The fraction of sp³-hybridized carbons (Fsp3) is 0.364. The summed E-state index contributed by atoms with van der Waals surface area (Å²) >= 11 is 0. The van der Waals surface area contributed by atoms with Crippen LogP contribution in [0.25, 0.3) is 11.0 Å². The van der Waals surface area contributed by atoms with Crippen molar-refractivity contribution >= 4 is 34.5 Å². The number of esters is 1. The van der Waals surface area contributed by atoms with Crippen molar-refractivity contribution < 1.29 is 28.6 Å². The van der Waals surface area contributed by atoms with Crippen LogP contribution in [0.1, 0.15) is 61.0 Å². The predicted octanol–water partition coefficient (Wildman–Crippen LogP) is 4.85. The lowest BCUT2D eigenvalue weighted by molar-refractivity contribution is -0.127. The molecule has 5 rings (SSSR count). The lowest BCUT2D eigenvalue weighted by Crippen LogP contribution is -2.48. The van der Waals surface area contributed by atoms with Crippen LogP contribution in [0.4, 0.5) is 5.69 Å². The molecule has 1 aliphatic carbocycles. The van der Waals surface area contributed by atoms with Gasteiger partial charge in [0, 0.05) is 11.7 Å². The summed E-state index contributed by atoms with van der Waals surface area (Å²) in [7, 11) is 3.06. The highest BCUT2D eigenvalue weighted by Crippen LogP contribution is 2.35. The maximum absolute atomic E-state index is 14.4. The average molecular weight is 600 g/mol. The summed E-state index contributed by atoms with van der Waals surface area (Å²) in [5.41, 5.74) is 2.62. The second-order valence-electron chi connectivity index (χ2n) is 10.6. The number of hydrogen-bond donors (Lipinski definition) is 1. The van der Waals surface area contributed by atoms with Crippen molar-refractivity contribution in [3.63, 3.8) is 0 Å². The molecule has 44 heavy (non-hydrogen) atoms. The van der Waals surface area contributed by atoms with Crippen molar-refractivity contribution in [3.05, 3.63) is 77.9 Å². The van der Waals surface area contributed by atoms with Crippen LogP contribution in [0, 0.1) is 0 Å². The van der Waals surface area contributed by atoms with Gasteiger partial charge in [-0.15, -0.1) is 5.10 Å². The van der Waals surface area contributed by atoms with E-state index in [4.69, 9.17) is 14.2 Å². The lowest BCUT2D eigenvalue weighted by Gasteiger charge is -2.33. The Morgan fingerprint density at radius 3 is 2.39 bits per heavy atom. The monoisotopic (exact) mass is 599 g/mol. The minimum Gasteiger partial charge on any atom is -0.493 e. The van der Waals surface area contributed by atoms with Crippen LogP contribution >= 0.6 is 0 Å². The Morgan fingerprint density at radius 2 is 1.68 bits per heavy atom. The molecular weight excluding hydrogens is 562 g/mol. The third-order valence-corrected chi connectivity index (χ3v) is 7.81. The van der Waals surface area contributed by atoms with Gasteiger partial charge in [-0.05, 0) is 73.9 Å². The highest BCUT2D eigenvalue weighted by atomic mass is 16.5. The first-order valence-electron chi connectivity index (χ1n) is 14.8. The molecule has 1 heterocycles. The summed E-state index contributed by atoms with van der Waals surface area (Å²) in [5, 5.41) is 11.6. The molecule has 230 valence electrons. The molecule has 0 spiro atoms. The summed E-state index contributed by atoms with van der Waals surface area (Å²) < 4.78 is 17.7. The smallest absolute Gasteiger partial charge is 0.338 e. The van der Waals surface area contributed by atoms with Crippen LogP contribution < -0.4 is 19.7 Å². The Bertz CT molecular complexity index is 1610. The standard InChI is InChI=1S/C33H37N5O6/c1-4-44-33(41)22-14-17-25(18-15-22)38(30(39)21-37-27-13-9-8-12-26(27)35-36-37)31(32(40)34-24-10-6-5-7-11-24)23-16-19-28(42-2)29(20-23)43-3/h8-9,12-20,24,31H,4-7,10-11,21H2,1-3H3,(H,34,40). The Morgan fingerprint density at radius 1 is 0.955 bits per heavy atom. The summed E-state index contributed by atoms with van der Waals surface area (Å²) in [6.45, 7) is 1.79. The van der Waals surface area contributed by atoms with Crippen LogP contribution in [0.3, 0.4) is 0 Å². The molecule has 3 aromatic carbocycles. The molecule has 1 unspecified atom stereocenters. The highest BCUT2D eigenvalue weighted by Gasteiger charge is 2.35. The first kappa shape index (κ1) is 30.5. The molecule has 1 atom stereocenters. The molecule has 0 saturated heterocycles. The molecule has 11 nitrogen and oxygen atoms in total. The van der Waals surface area contributed by atoms with Gasteiger partial charge < -0.3 is 19.5 Å². The molecule has 11 heteroatoms. The van der Waals surface area contributed by atoms with Crippen LogP contribution in [0.5, 0.6) is 11.5 Å². The van der Waals surface area contributed by atoms with Crippen LogP contribution in [0.2, 0.25) is 0 Å². The van der Waals surface area contributed by atoms with Gasteiger partial charge in [-0.1, -0.05) is 42.7 Å². The van der Waals surface area contributed by atoms with E-state index >= 15 is 0 Å². The van der Waals surface area contributed by atoms with Gasteiger partial charge >= 0.3 is 5.97 Å². The molecule has 1 aromatic heterocycles. The number of ether oxygens (including phenoxy) is 3. The van der Waals surface area contributed by atoms with Crippen LogP contribution in [-0.4, -0.2) is 59.6 Å². The number of anilines is 1.